The first-order valence-electron chi connectivity index (χ1n) is 14.3. The van der Waals surface area contributed by atoms with Crippen molar-refractivity contribution in [3.63, 3.8) is 0 Å². The highest BCUT2D eigenvalue weighted by Gasteiger charge is 2.20. The van der Waals surface area contributed by atoms with Crippen molar-refractivity contribution in [1.29, 1.82) is 0 Å². The molecule has 1 aliphatic heterocycles. The average molecular weight is 558 g/mol. The lowest BCUT2D eigenvalue weighted by atomic mass is 10.0. The van der Waals surface area contributed by atoms with Crippen LogP contribution < -0.4 is 25.6 Å². The van der Waals surface area contributed by atoms with Crippen LogP contribution in [0, 0.1) is 12.8 Å². The van der Waals surface area contributed by atoms with E-state index in [1.807, 2.05) is 54.3 Å². The fourth-order valence-corrected chi connectivity index (χ4v) is 5.51. The normalized spacial score (nSPS) is 15.5. The van der Waals surface area contributed by atoms with Crippen LogP contribution in [0.5, 0.6) is 5.75 Å². The summed E-state index contributed by atoms with van der Waals surface area (Å²) in [5.74, 6) is 2.45. The van der Waals surface area contributed by atoms with Gasteiger partial charge in [0.05, 0.1) is 12.8 Å². The van der Waals surface area contributed by atoms with Gasteiger partial charge in [0.25, 0.3) is 0 Å². The molecule has 0 atom stereocenters. The maximum atomic E-state index is 12.5. The van der Waals surface area contributed by atoms with Crippen molar-refractivity contribution >= 4 is 46.3 Å². The van der Waals surface area contributed by atoms with Gasteiger partial charge in [-0.1, -0.05) is 18.9 Å². The fraction of sp³-hybridized carbons (Fsp3) is 0.419. The second kappa shape index (κ2) is 12.9. The fourth-order valence-electron chi connectivity index (χ4n) is 5.51. The number of carbonyl (C=O) groups excluding carboxylic acids is 2. The van der Waals surface area contributed by atoms with E-state index < -0.39 is 0 Å². The predicted octanol–water partition coefficient (Wildman–Crippen LogP) is 5.47. The summed E-state index contributed by atoms with van der Waals surface area (Å²) in [6.07, 6.45) is 7.09. The van der Waals surface area contributed by atoms with E-state index in [9.17, 15) is 9.59 Å². The Balaban J connectivity index is 1.24. The molecule has 0 unspecified atom stereocenters. The molecule has 10 heteroatoms. The molecule has 2 aliphatic rings. The molecule has 1 aromatic heterocycles. The van der Waals surface area contributed by atoms with E-state index in [2.05, 4.69) is 25.8 Å². The van der Waals surface area contributed by atoms with Crippen molar-refractivity contribution in [2.75, 3.05) is 54.1 Å². The van der Waals surface area contributed by atoms with E-state index in [-0.39, 0.29) is 11.8 Å². The summed E-state index contributed by atoms with van der Waals surface area (Å²) < 4.78 is 5.69. The Morgan fingerprint density at radius 3 is 2.49 bits per heavy atom. The number of hydrogen-bond donors (Lipinski definition) is 3. The number of amides is 2. The molecular weight excluding hydrogens is 518 g/mol. The molecule has 1 saturated heterocycles. The number of anilines is 6. The second-order valence-electron chi connectivity index (χ2n) is 10.8. The number of aromatic nitrogens is 2. The largest absolute Gasteiger partial charge is 0.494 e. The van der Waals surface area contributed by atoms with Crippen LogP contribution in [0.4, 0.5) is 34.5 Å². The number of piperazine rings is 1. The summed E-state index contributed by atoms with van der Waals surface area (Å²) in [7, 11) is 1.64. The molecule has 3 N–H and O–H groups in total. The van der Waals surface area contributed by atoms with Crippen molar-refractivity contribution in [3.8, 4) is 5.75 Å². The zero-order valence-electron chi connectivity index (χ0n) is 24.1. The van der Waals surface area contributed by atoms with Gasteiger partial charge in [-0.05, 0) is 56.0 Å². The molecule has 2 fully saturated rings. The number of carbonyl (C=O) groups is 2. The van der Waals surface area contributed by atoms with Gasteiger partial charge in [-0.3, -0.25) is 9.59 Å². The van der Waals surface area contributed by atoms with Crippen LogP contribution in [0.1, 0.15) is 44.6 Å². The van der Waals surface area contributed by atoms with Gasteiger partial charge in [-0.15, -0.1) is 0 Å². The van der Waals surface area contributed by atoms with Crippen molar-refractivity contribution in [1.82, 2.24) is 14.9 Å². The first-order valence-corrected chi connectivity index (χ1v) is 14.3. The monoisotopic (exact) mass is 557 g/mol. The highest BCUT2D eigenvalue weighted by atomic mass is 16.5. The van der Waals surface area contributed by atoms with E-state index in [1.54, 1.807) is 20.2 Å². The molecule has 2 aromatic carbocycles. The molecule has 1 aliphatic carbocycles. The third kappa shape index (κ3) is 7.25. The van der Waals surface area contributed by atoms with Gasteiger partial charge in [-0.25, -0.2) is 4.98 Å². The van der Waals surface area contributed by atoms with Crippen molar-refractivity contribution in [2.24, 2.45) is 5.92 Å². The van der Waals surface area contributed by atoms with Gasteiger partial charge in [0.1, 0.15) is 11.6 Å². The van der Waals surface area contributed by atoms with Gasteiger partial charge in [0.2, 0.25) is 17.8 Å². The Bertz CT molecular complexity index is 1380. The number of benzene rings is 2. The number of methoxy groups -OCH3 is 1. The van der Waals surface area contributed by atoms with Crippen LogP contribution >= 0.6 is 0 Å². The summed E-state index contributed by atoms with van der Waals surface area (Å²) in [5, 5.41) is 9.70. The van der Waals surface area contributed by atoms with E-state index in [1.165, 1.54) is 12.8 Å². The highest BCUT2D eigenvalue weighted by Crippen LogP contribution is 2.33. The minimum Gasteiger partial charge on any atom is -0.494 e. The predicted molar refractivity (Wildman–Crippen MR) is 162 cm³/mol. The van der Waals surface area contributed by atoms with Crippen LogP contribution in [0.3, 0.4) is 0 Å². The number of nitrogens with one attached hydrogen (secondary N) is 3. The van der Waals surface area contributed by atoms with Crippen molar-refractivity contribution < 1.29 is 14.3 Å². The Kier molecular flexibility index (Phi) is 8.86. The maximum absolute atomic E-state index is 12.5. The summed E-state index contributed by atoms with van der Waals surface area (Å²) in [5.41, 5.74) is 4.26. The first kappa shape index (κ1) is 28.2. The van der Waals surface area contributed by atoms with Gasteiger partial charge in [0.15, 0.2) is 0 Å². The summed E-state index contributed by atoms with van der Waals surface area (Å²) >= 11 is 0. The number of ether oxygens (including phenoxy) is 1. The number of aryl methyl sites for hydroxylation is 1. The van der Waals surface area contributed by atoms with Gasteiger partial charge < -0.3 is 30.5 Å². The Hall–Kier alpha value is -4.34. The van der Waals surface area contributed by atoms with E-state index in [0.29, 0.717) is 42.9 Å². The Morgan fingerprint density at radius 2 is 1.76 bits per heavy atom. The van der Waals surface area contributed by atoms with Crippen molar-refractivity contribution in [3.05, 3.63) is 54.2 Å². The molecule has 2 heterocycles. The Labute approximate surface area is 241 Å². The second-order valence-corrected chi connectivity index (χ2v) is 10.8. The summed E-state index contributed by atoms with van der Waals surface area (Å²) in [6.45, 7) is 6.53. The number of nitrogens with zero attached hydrogens (tertiary/aromatic N) is 4. The molecular formula is C31H39N7O3. The molecule has 5 rings (SSSR count). The van der Waals surface area contributed by atoms with Crippen LogP contribution in [0.2, 0.25) is 0 Å². The zero-order valence-corrected chi connectivity index (χ0v) is 24.1. The Morgan fingerprint density at radius 1 is 1.00 bits per heavy atom. The quantitative estimate of drug-likeness (QED) is 0.318. The molecule has 1 saturated carbocycles. The molecule has 2 amide bonds. The summed E-state index contributed by atoms with van der Waals surface area (Å²) in [4.78, 5) is 37.5. The molecule has 0 bridgehead atoms. The van der Waals surface area contributed by atoms with E-state index in [0.717, 1.165) is 54.2 Å². The maximum Gasteiger partial charge on any atom is 0.229 e. The number of hydrogen-bond acceptors (Lipinski definition) is 8. The third-order valence-corrected chi connectivity index (χ3v) is 7.85. The van der Waals surface area contributed by atoms with Gasteiger partial charge in [0, 0.05) is 74.4 Å². The smallest absolute Gasteiger partial charge is 0.229 e. The van der Waals surface area contributed by atoms with Gasteiger partial charge in [-0.2, -0.15) is 4.98 Å². The molecule has 41 heavy (non-hydrogen) atoms. The SMILES string of the molecule is COc1cc(N2CCN(C(C)=O)CC2)ccc1Nc1ncc(C)c(Nc2cccc(NC(=O)CC3CCCC3)c2)n1. The molecule has 216 valence electrons. The summed E-state index contributed by atoms with van der Waals surface area (Å²) in [6, 6.07) is 13.7. The van der Waals surface area contributed by atoms with Crippen LogP contribution in [0.15, 0.2) is 48.7 Å². The minimum absolute atomic E-state index is 0.0667. The van der Waals surface area contributed by atoms with Gasteiger partial charge >= 0.3 is 0 Å². The molecule has 3 aromatic rings. The third-order valence-electron chi connectivity index (χ3n) is 7.85. The lowest BCUT2D eigenvalue weighted by Crippen LogP contribution is -2.48. The molecule has 0 spiro atoms. The zero-order chi connectivity index (χ0) is 28.8. The van der Waals surface area contributed by atoms with Crippen LogP contribution in [0.25, 0.3) is 0 Å². The molecule has 10 nitrogen and oxygen atoms in total. The van der Waals surface area contributed by atoms with E-state index >= 15 is 0 Å². The average Bonchev–Trinajstić information content (AvgIpc) is 3.48. The minimum atomic E-state index is 0.0667. The standard InChI is InChI=1S/C31H39N7O3/c1-21-20-32-31(35-27-12-11-26(19-28(27)41-3)38-15-13-37(14-16-38)22(2)39)36-30(21)34-25-10-6-9-24(18-25)33-29(40)17-23-7-4-5-8-23/h6,9-12,18-20,23H,4-5,7-8,13-17H2,1-3H3,(H,33,40)(H2,32,34,35,36). The van der Waals surface area contributed by atoms with Crippen LogP contribution in [-0.4, -0.2) is 60.0 Å². The topological polar surface area (TPSA) is 112 Å². The van der Waals surface area contributed by atoms with E-state index in [4.69, 9.17) is 9.72 Å². The lowest BCUT2D eigenvalue weighted by Gasteiger charge is -2.35. The number of rotatable bonds is 9. The van der Waals surface area contributed by atoms with Crippen LogP contribution in [-0.2, 0) is 9.59 Å². The molecule has 0 radical (unpaired) electrons. The first-order chi connectivity index (χ1) is 19.9. The highest BCUT2D eigenvalue weighted by molar-refractivity contribution is 5.91. The van der Waals surface area contributed by atoms with Crippen molar-refractivity contribution in [2.45, 2.75) is 46.0 Å². The lowest BCUT2D eigenvalue weighted by molar-refractivity contribution is -0.129.